The van der Waals surface area contributed by atoms with E-state index in [1.54, 1.807) is 11.3 Å². The average molecular weight is 304 g/mol. The van der Waals surface area contributed by atoms with E-state index >= 15 is 0 Å². The fraction of sp³-hybridized carbons (Fsp3) is 0.562. The van der Waals surface area contributed by atoms with E-state index in [9.17, 15) is 0 Å². The largest absolute Gasteiger partial charge is 0.336 e. The lowest BCUT2D eigenvalue weighted by Crippen LogP contribution is -2.40. The molecule has 0 bridgehead atoms. The van der Waals surface area contributed by atoms with Crippen LogP contribution < -0.4 is 5.32 Å². The van der Waals surface area contributed by atoms with E-state index in [1.165, 1.54) is 30.8 Å². The minimum Gasteiger partial charge on any atom is -0.336 e. The van der Waals surface area contributed by atoms with E-state index in [0.717, 1.165) is 12.4 Å². The first kappa shape index (κ1) is 14.8. The van der Waals surface area contributed by atoms with Gasteiger partial charge in [0.05, 0.1) is 0 Å². The van der Waals surface area contributed by atoms with Crippen molar-refractivity contribution in [3.63, 3.8) is 0 Å². The van der Waals surface area contributed by atoms with E-state index in [2.05, 4.69) is 51.3 Å². The van der Waals surface area contributed by atoms with Crippen molar-refractivity contribution in [3.8, 4) is 0 Å². The first-order valence-corrected chi connectivity index (χ1v) is 8.61. The maximum Gasteiger partial charge on any atom is 0.131 e. The minimum absolute atomic E-state index is 0.183. The number of hydrogen-bond acceptors (Lipinski definition) is 4. The van der Waals surface area contributed by atoms with Gasteiger partial charge in [0, 0.05) is 36.9 Å². The molecule has 0 saturated carbocycles. The van der Waals surface area contributed by atoms with Crippen molar-refractivity contribution >= 4 is 11.3 Å². The Morgan fingerprint density at radius 1 is 1.38 bits per heavy atom. The molecule has 0 aliphatic carbocycles. The van der Waals surface area contributed by atoms with Gasteiger partial charge in [0.15, 0.2) is 0 Å². The van der Waals surface area contributed by atoms with Gasteiger partial charge >= 0.3 is 0 Å². The van der Waals surface area contributed by atoms with Gasteiger partial charge in [0.25, 0.3) is 0 Å². The number of rotatable bonds is 6. The predicted octanol–water partition coefficient (Wildman–Crippen LogP) is 2.64. The van der Waals surface area contributed by atoms with Gasteiger partial charge in [-0.1, -0.05) is 6.07 Å². The number of aryl methyl sites for hydroxylation is 1. The summed E-state index contributed by atoms with van der Waals surface area (Å²) >= 11 is 1.79. The summed E-state index contributed by atoms with van der Waals surface area (Å²) in [6.45, 7) is 5.89. The Labute approximate surface area is 130 Å². The number of likely N-dealkylation sites (tertiary alicyclic amines) is 1. The van der Waals surface area contributed by atoms with Crippen LogP contribution in [-0.4, -0.2) is 40.1 Å². The van der Waals surface area contributed by atoms with Crippen LogP contribution in [0.25, 0.3) is 0 Å². The Kier molecular flexibility index (Phi) is 4.73. The molecule has 0 radical (unpaired) electrons. The first-order chi connectivity index (χ1) is 10.2. The zero-order chi connectivity index (χ0) is 14.7. The number of nitrogens with one attached hydrogen (secondary N) is 1. The van der Waals surface area contributed by atoms with Gasteiger partial charge in [-0.3, -0.25) is 5.32 Å². The maximum absolute atomic E-state index is 4.55. The molecule has 2 aromatic rings. The second kappa shape index (κ2) is 6.73. The van der Waals surface area contributed by atoms with Gasteiger partial charge in [0.2, 0.25) is 0 Å². The molecule has 2 unspecified atom stereocenters. The Morgan fingerprint density at radius 3 is 2.81 bits per heavy atom. The smallest absolute Gasteiger partial charge is 0.131 e. The molecule has 3 heterocycles. The fourth-order valence-electron chi connectivity index (χ4n) is 3.08. The number of nitrogens with zero attached hydrogens (tertiary/aromatic N) is 3. The molecule has 4 nitrogen and oxygen atoms in total. The van der Waals surface area contributed by atoms with E-state index in [4.69, 9.17) is 0 Å². The third-order valence-electron chi connectivity index (χ3n) is 4.13. The Morgan fingerprint density at radius 2 is 2.19 bits per heavy atom. The molecule has 2 aromatic heterocycles. The summed E-state index contributed by atoms with van der Waals surface area (Å²) in [5.74, 6) is 1.09. The molecule has 1 fully saturated rings. The summed E-state index contributed by atoms with van der Waals surface area (Å²) in [7, 11) is 2.07. The quantitative estimate of drug-likeness (QED) is 0.890. The zero-order valence-electron chi connectivity index (χ0n) is 12.8. The molecule has 1 N–H and O–H groups in total. The van der Waals surface area contributed by atoms with Crippen LogP contribution in [-0.2, 0) is 7.05 Å². The first-order valence-electron chi connectivity index (χ1n) is 7.73. The van der Waals surface area contributed by atoms with Gasteiger partial charge in [-0.25, -0.2) is 4.98 Å². The summed E-state index contributed by atoms with van der Waals surface area (Å²) in [6, 6.07) is 4.94. The Hall–Kier alpha value is -1.17. The molecule has 5 heteroatoms. The summed E-state index contributed by atoms with van der Waals surface area (Å²) in [5, 5.41) is 5.91. The predicted molar refractivity (Wildman–Crippen MR) is 87.6 cm³/mol. The number of aromatic nitrogens is 2. The molecule has 2 atom stereocenters. The van der Waals surface area contributed by atoms with E-state index < -0.39 is 0 Å². The van der Waals surface area contributed by atoms with Crippen molar-refractivity contribution in [2.45, 2.75) is 31.8 Å². The number of hydrogen-bond donors (Lipinski definition) is 1. The van der Waals surface area contributed by atoms with Crippen LogP contribution >= 0.6 is 11.3 Å². The van der Waals surface area contributed by atoms with Crippen LogP contribution in [0.2, 0.25) is 0 Å². The minimum atomic E-state index is 0.183. The molecule has 1 aliphatic heterocycles. The van der Waals surface area contributed by atoms with Crippen LogP contribution in [0.3, 0.4) is 0 Å². The SMILES string of the molecule is CC(CN1CCCC1)NC(c1cccs1)c1nccn1C. The van der Waals surface area contributed by atoms with Crippen molar-refractivity contribution in [1.82, 2.24) is 19.8 Å². The fourth-order valence-corrected chi connectivity index (χ4v) is 3.87. The highest BCUT2D eigenvalue weighted by atomic mass is 32.1. The van der Waals surface area contributed by atoms with Gasteiger partial charge < -0.3 is 9.47 Å². The summed E-state index contributed by atoms with van der Waals surface area (Å²) < 4.78 is 2.11. The number of thiophene rings is 1. The van der Waals surface area contributed by atoms with Crippen molar-refractivity contribution in [3.05, 3.63) is 40.6 Å². The topological polar surface area (TPSA) is 33.1 Å². The normalized spacial score (nSPS) is 19.0. The Balaban J connectivity index is 1.72. The lowest BCUT2D eigenvalue weighted by Gasteiger charge is -2.26. The highest BCUT2D eigenvalue weighted by Gasteiger charge is 2.23. The van der Waals surface area contributed by atoms with E-state index in [0.29, 0.717) is 6.04 Å². The monoisotopic (exact) mass is 304 g/mol. The molecular weight excluding hydrogens is 280 g/mol. The molecule has 1 aliphatic rings. The zero-order valence-corrected chi connectivity index (χ0v) is 13.6. The van der Waals surface area contributed by atoms with Gasteiger partial charge in [-0.2, -0.15) is 0 Å². The summed E-state index contributed by atoms with van der Waals surface area (Å²) in [4.78, 5) is 8.44. The molecule has 114 valence electrons. The van der Waals surface area contributed by atoms with Crippen molar-refractivity contribution < 1.29 is 0 Å². The lowest BCUT2D eigenvalue weighted by molar-refractivity contribution is 0.290. The van der Waals surface area contributed by atoms with Gasteiger partial charge in [-0.15, -0.1) is 11.3 Å². The molecule has 1 saturated heterocycles. The summed E-state index contributed by atoms with van der Waals surface area (Å²) in [5.41, 5.74) is 0. The van der Waals surface area contributed by atoms with Crippen LogP contribution in [0.1, 0.15) is 36.5 Å². The number of imidazole rings is 1. The van der Waals surface area contributed by atoms with Gasteiger partial charge in [-0.05, 0) is 44.3 Å². The third-order valence-corrected chi connectivity index (χ3v) is 5.06. The molecule has 21 heavy (non-hydrogen) atoms. The standard InChI is InChI=1S/C16H24N4S/c1-13(12-20-8-3-4-9-20)18-15(14-6-5-11-21-14)16-17-7-10-19(16)2/h5-7,10-11,13,15,18H,3-4,8-9,12H2,1-2H3. The van der Waals surface area contributed by atoms with Crippen LogP contribution in [0.15, 0.2) is 29.9 Å². The van der Waals surface area contributed by atoms with Gasteiger partial charge in [0.1, 0.15) is 11.9 Å². The van der Waals surface area contributed by atoms with Crippen molar-refractivity contribution in [2.75, 3.05) is 19.6 Å². The Bertz CT molecular complexity index is 542. The molecular formula is C16H24N4S. The second-order valence-electron chi connectivity index (χ2n) is 5.92. The van der Waals surface area contributed by atoms with Crippen molar-refractivity contribution in [2.24, 2.45) is 7.05 Å². The molecule has 0 spiro atoms. The second-order valence-corrected chi connectivity index (χ2v) is 6.90. The van der Waals surface area contributed by atoms with Crippen LogP contribution in [0.4, 0.5) is 0 Å². The highest BCUT2D eigenvalue weighted by Crippen LogP contribution is 2.25. The maximum atomic E-state index is 4.55. The van der Waals surface area contributed by atoms with Crippen LogP contribution in [0, 0.1) is 0 Å². The van der Waals surface area contributed by atoms with Crippen LogP contribution in [0.5, 0.6) is 0 Å². The molecule has 0 aromatic carbocycles. The lowest BCUT2D eigenvalue weighted by atomic mass is 10.2. The third kappa shape index (κ3) is 3.54. The molecule has 0 amide bonds. The summed E-state index contributed by atoms with van der Waals surface area (Å²) in [6.07, 6.45) is 6.59. The van der Waals surface area contributed by atoms with E-state index in [-0.39, 0.29) is 6.04 Å². The van der Waals surface area contributed by atoms with E-state index in [1.807, 2.05) is 12.4 Å². The molecule has 3 rings (SSSR count). The highest BCUT2D eigenvalue weighted by molar-refractivity contribution is 7.10. The van der Waals surface area contributed by atoms with Crippen molar-refractivity contribution in [1.29, 1.82) is 0 Å². The average Bonchev–Trinajstić information content (AvgIpc) is 3.18.